The number of rotatable bonds is 11. The maximum atomic E-state index is 6.45. The molecule has 0 saturated carbocycles. The van der Waals surface area contributed by atoms with Crippen molar-refractivity contribution in [3.05, 3.63) is 34.9 Å². The van der Waals surface area contributed by atoms with Crippen LogP contribution in [-0.2, 0) is 6.16 Å². The Labute approximate surface area is 138 Å². The molecule has 1 rings (SSSR count). The Morgan fingerprint density at radius 1 is 0.810 bits per heavy atom. The molecule has 0 aliphatic carbocycles. The molecule has 1 aromatic carbocycles. The van der Waals surface area contributed by atoms with Crippen LogP contribution in [0.25, 0.3) is 0 Å². The summed E-state index contributed by atoms with van der Waals surface area (Å²) in [5.41, 5.74) is 1.40. The second kappa shape index (κ2) is 10.6. The summed E-state index contributed by atoms with van der Waals surface area (Å²) in [5.74, 6) is 0. The van der Waals surface area contributed by atoms with E-state index in [4.69, 9.17) is 11.6 Å². The van der Waals surface area contributed by atoms with Crippen LogP contribution in [-0.4, -0.2) is 18.5 Å². The predicted octanol–water partition coefficient (Wildman–Crippen LogP) is 7.26. The van der Waals surface area contributed by atoms with Crippen LogP contribution in [0, 0.1) is 0 Å². The molecule has 0 aliphatic heterocycles. The molecular formula is C19H33ClP+. The molecule has 0 spiro atoms. The van der Waals surface area contributed by atoms with Crippen LogP contribution in [0.15, 0.2) is 24.3 Å². The summed E-state index contributed by atoms with van der Waals surface area (Å²) in [5, 5.41) is 0.978. The van der Waals surface area contributed by atoms with E-state index in [9.17, 15) is 0 Å². The van der Waals surface area contributed by atoms with Gasteiger partial charge in [0.2, 0.25) is 0 Å². The van der Waals surface area contributed by atoms with Crippen molar-refractivity contribution >= 4 is 18.9 Å². The highest BCUT2D eigenvalue weighted by atomic mass is 35.5. The first-order valence-electron chi connectivity index (χ1n) is 8.76. The molecule has 0 nitrogen and oxygen atoms in total. The van der Waals surface area contributed by atoms with E-state index in [0.717, 1.165) is 5.02 Å². The molecule has 21 heavy (non-hydrogen) atoms. The summed E-state index contributed by atoms with van der Waals surface area (Å²) >= 11 is 6.45. The van der Waals surface area contributed by atoms with Crippen molar-refractivity contribution in [2.45, 2.75) is 65.5 Å². The lowest BCUT2D eigenvalue weighted by Gasteiger charge is -2.28. The van der Waals surface area contributed by atoms with Gasteiger partial charge in [-0.3, -0.25) is 0 Å². The molecule has 0 fully saturated rings. The van der Waals surface area contributed by atoms with Gasteiger partial charge in [0.05, 0.1) is 24.6 Å². The summed E-state index contributed by atoms with van der Waals surface area (Å²) < 4.78 is 0. The van der Waals surface area contributed by atoms with Gasteiger partial charge >= 0.3 is 0 Å². The van der Waals surface area contributed by atoms with Crippen molar-refractivity contribution in [2.24, 2.45) is 0 Å². The minimum Gasteiger partial charge on any atom is -0.0839 e. The molecule has 0 unspecified atom stereocenters. The Bertz CT molecular complexity index is 367. The fourth-order valence-electron chi connectivity index (χ4n) is 3.04. The minimum absolute atomic E-state index is 0.879. The van der Waals surface area contributed by atoms with Gasteiger partial charge in [0, 0.05) is 17.8 Å². The first kappa shape index (κ1) is 19.0. The van der Waals surface area contributed by atoms with E-state index in [1.807, 2.05) is 0 Å². The highest BCUT2D eigenvalue weighted by molar-refractivity contribution is 7.75. The topological polar surface area (TPSA) is 0 Å². The summed E-state index contributed by atoms with van der Waals surface area (Å²) in [6.45, 7) is 6.97. The largest absolute Gasteiger partial charge is 0.0857 e. The average molecular weight is 328 g/mol. The van der Waals surface area contributed by atoms with Crippen LogP contribution in [0.2, 0.25) is 5.02 Å². The van der Waals surface area contributed by atoms with Crippen molar-refractivity contribution < 1.29 is 0 Å². The zero-order valence-corrected chi connectivity index (χ0v) is 15.9. The molecule has 0 saturated heterocycles. The molecule has 2 heteroatoms. The van der Waals surface area contributed by atoms with E-state index in [1.54, 1.807) is 0 Å². The lowest BCUT2D eigenvalue weighted by Crippen LogP contribution is -2.11. The van der Waals surface area contributed by atoms with Crippen LogP contribution in [0.3, 0.4) is 0 Å². The van der Waals surface area contributed by atoms with E-state index in [1.165, 1.54) is 68.7 Å². The van der Waals surface area contributed by atoms with Crippen LogP contribution in [0.4, 0.5) is 0 Å². The first-order chi connectivity index (χ1) is 10.2. The number of benzene rings is 1. The third kappa shape index (κ3) is 6.70. The van der Waals surface area contributed by atoms with E-state index in [0.29, 0.717) is 0 Å². The Hall–Kier alpha value is -0.0600. The second-order valence-electron chi connectivity index (χ2n) is 6.32. The van der Waals surface area contributed by atoms with Crippen molar-refractivity contribution in [1.29, 1.82) is 0 Å². The van der Waals surface area contributed by atoms with E-state index in [-0.39, 0.29) is 0 Å². The fourth-order valence-corrected chi connectivity index (χ4v) is 8.44. The summed E-state index contributed by atoms with van der Waals surface area (Å²) in [4.78, 5) is 0. The molecule has 0 bridgehead atoms. The van der Waals surface area contributed by atoms with Crippen LogP contribution < -0.4 is 0 Å². The number of unbranched alkanes of at least 4 members (excludes halogenated alkanes) is 3. The van der Waals surface area contributed by atoms with Crippen molar-refractivity contribution in [3.63, 3.8) is 0 Å². The maximum Gasteiger partial charge on any atom is 0.0857 e. The Kier molecular flexibility index (Phi) is 9.61. The van der Waals surface area contributed by atoms with Gasteiger partial charge in [-0.15, -0.1) is 0 Å². The molecular weight excluding hydrogens is 295 g/mol. The monoisotopic (exact) mass is 327 g/mol. The summed E-state index contributed by atoms with van der Waals surface area (Å²) in [6, 6.07) is 8.51. The zero-order chi connectivity index (χ0) is 15.6. The van der Waals surface area contributed by atoms with Gasteiger partial charge in [-0.2, -0.15) is 0 Å². The molecule has 1 aromatic rings. The molecule has 0 atom stereocenters. The predicted molar refractivity (Wildman–Crippen MR) is 101 cm³/mol. The molecule has 120 valence electrons. The molecule has 0 aromatic heterocycles. The molecule has 0 amide bonds. The third-order valence-electron chi connectivity index (χ3n) is 4.42. The van der Waals surface area contributed by atoms with Crippen LogP contribution in [0.5, 0.6) is 0 Å². The first-order valence-corrected chi connectivity index (χ1v) is 11.7. The van der Waals surface area contributed by atoms with Gasteiger partial charge in [0.1, 0.15) is 0 Å². The number of hydrogen-bond donors (Lipinski definition) is 0. The number of hydrogen-bond acceptors (Lipinski definition) is 0. The lowest BCUT2D eigenvalue weighted by molar-refractivity contribution is 0.832. The highest BCUT2D eigenvalue weighted by Gasteiger charge is 2.36. The van der Waals surface area contributed by atoms with Gasteiger partial charge in [-0.1, -0.05) is 69.8 Å². The molecule has 0 aliphatic rings. The third-order valence-corrected chi connectivity index (χ3v) is 9.60. The van der Waals surface area contributed by atoms with Gasteiger partial charge < -0.3 is 0 Å². The maximum absolute atomic E-state index is 6.45. The SMILES string of the molecule is CCCC[P+](CCCC)(CCCC)Cc1ccccc1Cl. The van der Waals surface area contributed by atoms with Crippen LogP contribution in [0.1, 0.15) is 64.9 Å². The Morgan fingerprint density at radius 2 is 1.29 bits per heavy atom. The minimum atomic E-state index is -0.879. The lowest BCUT2D eigenvalue weighted by atomic mass is 10.2. The standard InChI is InChI=1S/C19H33ClP/c1-4-7-14-21(15-8-5-2,16-9-6-3)17-18-12-10-11-13-19(18)20/h10-13H,4-9,14-17H2,1-3H3/q+1. The Balaban J connectivity index is 2.92. The van der Waals surface area contributed by atoms with E-state index < -0.39 is 7.26 Å². The average Bonchev–Trinajstić information content (AvgIpc) is 2.51. The molecule has 0 heterocycles. The Morgan fingerprint density at radius 3 is 1.71 bits per heavy atom. The second-order valence-corrected chi connectivity index (χ2v) is 11.1. The van der Waals surface area contributed by atoms with Crippen molar-refractivity contribution in [2.75, 3.05) is 18.5 Å². The van der Waals surface area contributed by atoms with Gasteiger partial charge in [-0.25, -0.2) is 0 Å². The van der Waals surface area contributed by atoms with Crippen LogP contribution >= 0.6 is 18.9 Å². The van der Waals surface area contributed by atoms with Crippen molar-refractivity contribution in [1.82, 2.24) is 0 Å². The van der Waals surface area contributed by atoms with Gasteiger partial charge in [-0.05, 0) is 25.3 Å². The van der Waals surface area contributed by atoms with E-state index >= 15 is 0 Å². The summed E-state index contributed by atoms with van der Waals surface area (Å²) in [7, 11) is -0.879. The van der Waals surface area contributed by atoms with Crippen molar-refractivity contribution in [3.8, 4) is 0 Å². The smallest absolute Gasteiger partial charge is 0.0839 e. The highest BCUT2D eigenvalue weighted by Crippen LogP contribution is 2.63. The number of halogens is 1. The summed E-state index contributed by atoms with van der Waals surface area (Å²) in [6.07, 6.45) is 13.8. The normalized spacial score (nSPS) is 11.8. The molecule has 0 radical (unpaired) electrons. The van der Waals surface area contributed by atoms with Gasteiger partial charge in [0.15, 0.2) is 0 Å². The van der Waals surface area contributed by atoms with Gasteiger partial charge in [0.25, 0.3) is 0 Å². The zero-order valence-electron chi connectivity index (χ0n) is 14.2. The quantitative estimate of drug-likeness (QED) is 0.375. The molecule has 0 N–H and O–H groups in total. The van der Waals surface area contributed by atoms with E-state index in [2.05, 4.69) is 45.0 Å². The fraction of sp³-hybridized carbons (Fsp3) is 0.684.